The molecular formula is C10H10F3. The fraction of sp³-hybridized carbons (Fsp3) is 0.400. The summed E-state index contributed by atoms with van der Waals surface area (Å²) < 4.78 is 36.6. The summed E-state index contributed by atoms with van der Waals surface area (Å²) in [5.74, 6) is 0.0959. The Labute approximate surface area is 75.4 Å². The van der Waals surface area contributed by atoms with Crippen LogP contribution in [0.1, 0.15) is 30.9 Å². The zero-order valence-corrected chi connectivity index (χ0v) is 7.44. The van der Waals surface area contributed by atoms with Crippen LogP contribution in [0.4, 0.5) is 13.2 Å². The lowest BCUT2D eigenvalue weighted by Gasteiger charge is -2.10. The molecule has 0 nitrogen and oxygen atoms in total. The van der Waals surface area contributed by atoms with Gasteiger partial charge in [0.15, 0.2) is 0 Å². The van der Waals surface area contributed by atoms with Gasteiger partial charge in [0.25, 0.3) is 0 Å². The molecule has 0 fully saturated rings. The van der Waals surface area contributed by atoms with Gasteiger partial charge in [-0.1, -0.05) is 19.9 Å². The van der Waals surface area contributed by atoms with E-state index < -0.39 is 11.7 Å². The van der Waals surface area contributed by atoms with E-state index >= 15 is 0 Å². The highest BCUT2D eigenvalue weighted by Crippen LogP contribution is 2.30. The standard InChI is InChI=1S/C10H10F3/c1-7(2)8-4-3-5-9(6-8)10(11,12)13/h4-7H,1-2H3. The van der Waals surface area contributed by atoms with Crippen molar-refractivity contribution in [2.45, 2.75) is 25.9 Å². The molecular weight excluding hydrogens is 177 g/mol. The van der Waals surface area contributed by atoms with Crippen LogP contribution in [0.15, 0.2) is 18.2 Å². The molecule has 0 atom stereocenters. The molecule has 0 unspecified atom stereocenters. The maximum atomic E-state index is 12.2. The molecule has 0 saturated carbocycles. The van der Waals surface area contributed by atoms with Crippen LogP contribution in [0.25, 0.3) is 0 Å². The Kier molecular flexibility index (Phi) is 2.64. The average molecular weight is 187 g/mol. The largest absolute Gasteiger partial charge is 0.416 e. The molecule has 0 bridgehead atoms. The molecule has 0 spiro atoms. The molecule has 1 aromatic carbocycles. The van der Waals surface area contributed by atoms with Crippen molar-refractivity contribution in [3.63, 3.8) is 0 Å². The summed E-state index contributed by atoms with van der Waals surface area (Å²) in [4.78, 5) is 0. The Bertz CT molecular complexity index is 286. The van der Waals surface area contributed by atoms with Crippen LogP contribution >= 0.6 is 0 Å². The van der Waals surface area contributed by atoms with Gasteiger partial charge in [-0.25, -0.2) is 0 Å². The van der Waals surface area contributed by atoms with E-state index in [2.05, 4.69) is 6.07 Å². The van der Waals surface area contributed by atoms with Gasteiger partial charge in [0.1, 0.15) is 0 Å². The van der Waals surface area contributed by atoms with Gasteiger partial charge in [-0.15, -0.1) is 0 Å². The van der Waals surface area contributed by atoms with Gasteiger partial charge < -0.3 is 0 Å². The summed E-state index contributed by atoms with van der Waals surface area (Å²) in [7, 11) is 0. The van der Waals surface area contributed by atoms with Crippen LogP contribution in [0.5, 0.6) is 0 Å². The van der Waals surface area contributed by atoms with E-state index in [9.17, 15) is 13.2 Å². The topological polar surface area (TPSA) is 0 Å². The summed E-state index contributed by atoms with van der Waals surface area (Å²) in [5, 5.41) is 0. The minimum absolute atomic E-state index is 0.0959. The minimum Gasteiger partial charge on any atom is -0.166 e. The maximum absolute atomic E-state index is 12.2. The predicted molar refractivity (Wildman–Crippen MR) is 44.4 cm³/mol. The van der Waals surface area contributed by atoms with E-state index in [1.165, 1.54) is 6.07 Å². The predicted octanol–water partition coefficient (Wildman–Crippen LogP) is 3.63. The van der Waals surface area contributed by atoms with Gasteiger partial charge in [-0.2, -0.15) is 13.2 Å². The van der Waals surface area contributed by atoms with Crippen molar-refractivity contribution in [2.75, 3.05) is 0 Å². The van der Waals surface area contributed by atoms with E-state index in [4.69, 9.17) is 0 Å². The first-order valence-electron chi connectivity index (χ1n) is 3.99. The molecule has 71 valence electrons. The lowest BCUT2D eigenvalue weighted by atomic mass is 10.0. The molecule has 0 aliphatic carbocycles. The quantitative estimate of drug-likeness (QED) is 0.629. The Balaban J connectivity index is 3.06. The number of hydrogen-bond acceptors (Lipinski definition) is 0. The van der Waals surface area contributed by atoms with E-state index in [-0.39, 0.29) is 5.92 Å². The zero-order chi connectivity index (χ0) is 10.1. The number of alkyl halides is 3. The van der Waals surface area contributed by atoms with Gasteiger partial charge in [-0.3, -0.25) is 0 Å². The maximum Gasteiger partial charge on any atom is 0.416 e. The molecule has 1 rings (SSSR count). The lowest BCUT2D eigenvalue weighted by Crippen LogP contribution is -2.05. The lowest BCUT2D eigenvalue weighted by molar-refractivity contribution is -0.137. The van der Waals surface area contributed by atoms with Crippen LogP contribution in [-0.4, -0.2) is 0 Å². The highest BCUT2D eigenvalue weighted by Gasteiger charge is 2.30. The summed E-state index contributed by atoms with van der Waals surface area (Å²) in [6.45, 7) is 3.70. The molecule has 0 saturated heterocycles. The van der Waals surface area contributed by atoms with Crippen LogP contribution in [0.3, 0.4) is 0 Å². The first-order chi connectivity index (χ1) is 5.91. The van der Waals surface area contributed by atoms with Crippen molar-refractivity contribution in [3.8, 4) is 0 Å². The minimum atomic E-state index is -4.26. The van der Waals surface area contributed by atoms with Crippen molar-refractivity contribution in [1.29, 1.82) is 0 Å². The molecule has 0 aliphatic heterocycles. The summed E-state index contributed by atoms with van der Waals surface area (Å²) in [6.07, 6.45) is -4.26. The number of benzene rings is 1. The Hall–Kier alpha value is -0.990. The molecule has 0 amide bonds. The Morgan fingerprint density at radius 1 is 1.23 bits per heavy atom. The number of hydrogen-bond donors (Lipinski definition) is 0. The van der Waals surface area contributed by atoms with Crippen LogP contribution in [0.2, 0.25) is 0 Å². The molecule has 0 aromatic heterocycles. The molecule has 13 heavy (non-hydrogen) atoms. The second-order valence-corrected chi connectivity index (χ2v) is 3.21. The first-order valence-corrected chi connectivity index (χ1v) is 3.99. The van der Waals surface area contributed by atoms with E-state index in [0.717, 1.165) is 6.07 Å². The fourth-order valence-electron chi connectivity index (χ4n) is 0.988. The van der Waals surface area contributed by atoms with Gasteiger partial charge in [-0.05, 0) is 29.7 Å². The Morgan fingerprint density at radius 2 is 1.85 bits per heavy atom. The molecule has 1 radical (unpaired) electrons. The monoisotopic (exact) mass is 187 g/mol. The van der Waals surface area contributed by atoms with Gasteiger partial charge in [0, 0.05) is 0 Å². The van der Waals surface area contributed by atoms with Crippen LogP contribution < -0.4 is 0 Å². The molecule has 0 N–H and O–H groups in total. The SMILES string of the molecule is CC(C)c1c[c]cc(C(F)(F)F)c1. The highest BCUT2D eigenvalue weighted by molar-refractivity contribution is 5.26. The van der Waals surface area contributed by atoms with E-state index in [0.29, 0.717) is 5.56 Å². The van der Waals surface area contributed by atoms with Gasteiger partial charge in [0.2, 0.25) is 0 Å². The highest BCUT2D eigenvalue weighted by atomic mass is 19.4. The number of halogens is 3. The second kappa shape index (κ2) is 3.40. The third kappa shape index (κ3) is 2.47. The van der Waals surface area contributed by atoms with Crippen molar-refractivity contribution >= 4 is 0 Å². The van der Waals surface area contributed by atoms with Gasteiger partial charge >= 0.3 is 6.18 Å². The van der Waals surface area contributed by atoms with E-state index in [1.807, 2.05) is 13.8 Å². The molecule has 0 heterocycles. The van der Waals surface area contributed by atoms with Crippen molar-refractivity contribution in [2.24, 2.45) is 0 Å². The normalized spacial score (nSPS) is 12.2. The van der Waals surface area contributed by atoms with Crippen LogP contribution in [-0.2, 0) is 6.18 Å². The Morgan fingerprint density at radius 3 is 2.31 bits per heavy atom. The smallest absolute Gasteiger partial charge is 0.166 e. The third-order valence-electron chi connectivity index (χ3n) is 1.80. The third-order valence-corrected chi connectivity index (χ3v) is 1.80. The summed E-state index contributed by atoms with van der Waals surface area (Å²) in [5.41, 5.74) is 0.0357. The van der Waals surface area contributed by atoms with Crippen molar-refractivity contribution in [1.82, 2.24) is 0 Å². The summed E-state index contributed by atoms with van der Waals surface area (Å²) in [6, 6.07) is 6.21. The van der Waals surface area contributed by atoms with Crippen molar-refractivity contribution in [3.05, 3.63) is 35.4 Å². The summed E-state index contributed by atoms with van der Waals surface area (Å²) >= 11 is 0. The second-order valence-electron chi connectivity index (χ2n) is 3.21. The first kappa shape index (κ1) is 10.1. The van der Waals surface area contributed by atoms with Crippen molar-refractivity contribution < 1.29 is 13.2 Å². The van der Waals surface area contributed by atoms with E-state index in [1.54, 1.807) is 6.07 Å². The van der Waals surface area contributed by atoms with Crippen LogP contribution in [0, 0.1) is 6.07 Å². The molecule has 3 heteroatoms. The fourth-order valence-corrected chi connectivity index (χ4v) is 0.988. The average Bonchev–Trinajstić information content (AvgIpc) is 2.03. The molecule has 1 aromatic rings. The zero-order valence-electron chi connectivity index (χ0n) is 7.44. The molecule has 0 aliphatic rings. The van der Waals surface area contributed by atoms with Gasteiger partial charge in [0.05, 0.1) is 5.56 Å². The number of rotatable bonds is 1.